The molecule has 0 saturated carbocycles. The van der Waals surface area contributed by atoms with Crippen molar-refractivity contribution in [1.29, 1.82) is 0 Å². The first-order chi connectivity index (χ1) is 14.5. The second-order valence-corrected chi connectivity index (χ2v) is 6.86. The summed E-state index contributed by atoms with van der Waals surface area (Å²) in [5.41, 5.74) is 0.652. The van der Waals surface area contributed by atoms with Crippen LogP contribution in [0.3, 0.4) is 0 Å². The maximum atomic E-state index is 12.7. The van der Waals surface area contributed by atoms with Gasteiger partial charge in [0.15, 0.2) is 5.11 Å². The van der Waals surface area contributed by atoms with E-state index in [2.05, 4.69) is 17.6 Å². The fourth-order valence-corrected chi connectivity index (χ4v) is 2.91. The molecule has 0 spiro atoms. The molecule has 0 aliphatic carbocycles. The minimum absolute atomic E-state index is 0.0323. The summed E-state index contributed by atoms with van der Waals surface area (Å²) in [6, 6.07) is 11.0. The average molecular weight is 432 g/mol. The van der Waals surface area contributed by atoms with Crippen molar-refractivity contribution in [2.24, 2.45) is 0 Å². The number of thiocarbonyl (C=S) groups is 1. The van der Waals surface area contributed by atoms with Crippen molar-refractivity contribution in [3.05, 3.63) is 58.1 Å². The predicted octanol–water partition coefficient (Wildman–Crippen LogP) is 4.69. The Balaban J connectivity index is 2.01. The highest BCUT2D eigenvalue weighted by molar-refractivity contribution is 7.80. The Hall–Kier alpha value is -3.20. The van der Waals surface area contributed by atoms with E-state index in [1.165, 1.54) is 25.3 Å². The number of unbranched alkanes of at least 4 members (excludes halogenated alkanes) is 3. The van der Waals surface area contributed by atoms with Crippen LogP contribution in [0.25, 0.3) is 0 Å². The molecule has 0 unspecified atom stereocenters. The summed E-state index contributed by atoms with van der Waals surface area (Å²) in [7, 11) is 1.39. The summed E-state index contributed by atoms with van der Waals surface area (Å²) in [4.78, 5) is 23.0. The van der Waals surface area contributed by atoms with Crippen LogP contribution in [0.5, 0.6) is 11.5 Å². The van der Waals surface area contributed by atoms with Crippen molar-refractivity contribution in [3.8, 4) is 11.5 Å². The molecule has 0 heterocycles. The van der Waals surface area contributed by atoms with Crippen LogP contribution >= 0.6 is 12.2 Å². The van der Waals surface area contributed by atoms with Gasteiger partial charge in [0.05, 0.1) is 36.0 Å². The Labute approximate surface area is 180 Å². The number of para-hydroxylation sites is 1. The van der Waals surface area contributed by atoms with Crippen LogP contribution in [0.2, 0.25) is 0 Å². The number of carbonyl (C=O) groups is 1. The first-order valence-corrected chi connectivity index (χ1v) is 10.0. The number of hydrogen-bond acceptors (Lipinski definition) is 6. The molecule has 0 aliphatic rings. The fourth-order valence-electron chi connectivity index (χ4n) is 2.71. The molecule has 0 atom stereocenters. The number of hydrogen-bond donors (Lipinski definition) is 2. The number of nitrogens with one attached hydrogen (secondary N) is 2. The van der Waals surface area contributed by atoms with Crippen molar-refractivity contribution in [3.63, 3.8) is 0 Å². The molecule has 30 heavy (non-hydrogen) atoms. The van der Waals surface area contributed by atoms with Gasteiger partial charge in [-0.05, 0) is 36.8 Å². The van der Waals surface area contributed by atoms with Gasteiger partial charge in [-0.2, -0.15) is 0 Å². The first-order valence-electron chi connectivity index (χ1n) is 9.62. The lowest BCUT2D eigenvalue weighted by molar-refractivity contribution is -0.384. The number of nitro benzene ring substituents is 1. The van der Waals surface area contributed by atoms with Crippen LogP contribution in [-0.2, 0) is 0 Å². The Kier molecular flexibility index (Phi) is 9.02. The Morgan fingerprint density at radius 3 is 2.60 bits per heavy atom. The zero-order valence-electron chi connectivity index (χ0n) is 17.0. The highest BCUT2D eigenvalue weighted by atomic mass is 32.1. The number of methoxy groups -OCH3 is 1. The topological polar surface area (TPSA) is 103 Å². The van der Waals surface area contributed by atoms with Gasteiger partial charge in [0.25, 0.3) is 11.6 Å². The van der Waals surface area contributed by atoms with E-state index in [0.717, 1.165) is 25.7 Å². The van der Waals surface area contributed by atoms with Crippen molar-refractivity contribution in [2.45, 2.75) is 32.6 Å². The lowest BCUT2D eigenvalue weighted by Crippen LogP contribution is -2.34. The average Bonchev–Trinajstić information content (AvgIpc) is 2.73. The normalized spacial score (nSPS) is 10.2. The van der Waals surface area contributed by atoms with Crippen LogP contribution in [-0.4, -0.2) is 29.7 Å². The van der Waals surface area contributed by atoms with Crippen LogP contribution < -0.4 is 20.1 Å². The number of amides is 1. The number of anilines is 1. The van der Waals surface area contributed by atoms with Gasteiger partial charge in [0.2, 0.25) is 0 Å². The smallest absolute Gasteiger partial charge is 0.273 e. The molecule has 0 aromatic heterocycles. The number of ether oxygens (including phenoxy) is 2. The van der Waals surface area contributed by atoms with Gasteiger partial charge in [0, 0.05) is 6.07 Å². The maximum absolute atomic E-state index is 12.7. The third kappa shape index (κ3) is 6.70. The standard InChI is InChI=1S/C21H25N3O5S/c1-3-4-5-8-13-29-18-10-7-6-9-16(18)20(25)23-21(30)22-17-12-11-15(24(26)27)14-19(17)28-2/h6-7,9-12,14H,3-5,8,13H2,1-2H3,(H2,22,23,25,30). The number of non-ortho nitro benzene ring substituents is 1. The summed E-state index contributed by atoms with van der Waals surface area (Å²) < 4.78 is 10.9. The fraction of sp³-hybridized carbons (Fsp3) is 0.333. The van der Waals surface area contributed by atoms with E-state index >= 15 is 0 Å². The second kappa shape index (κ2) is 11.7. The molecule has 2 aromatic carbocycles. The molecule has 160 valence electrons. The molecule has 1 amide bonds. The molecular formula is C21H25N3O5S. The highest BCUT2D eigenvalue weighted by Crippen LogP contribution is 2.29. The van der Waals surface area contributed by atoms with Gasteiger partial charge >= 0.3 is 0 Å². The predicted molar refractivity (Wildman–Crippen MR) is 119 cm³/mol. The third-order valence-corrected chi connectivity index (χ3v) is 4.46. The van der Waals surface area contributed by atoms with E-state index in [9.17, 15) is 14.9 Å². The van der Waals surface area contributed by atoms with Gasteiger partial charge in [-0.3, -0.25) is 20.2 Å². The Morgan fingerprint density at radius 2 is 1.90 bits per heavy atom. The van der Waals surface area contributed by atoms with Crippen LogP contribution in [0.1, 0.15) is 43.0 Å². The summed E-state index contributed by atoms with van der Waals surface area (Å²) >= 11 is 5.21. The van der Waals surface area contributed by atoms with Crippen LogP contribution in [0.15, 0.2) is 42.5 Å². The van der Waals surface area contributed by atoms with E-state index < -0.39 is 10.8 Å². The van der Waals surface area contributed by atoms with Crippen LogP contribution in [0, 0.1) is 10.1 Å². The lowest BCUT2D eigenvalue weighted by atomic mass is 10.2. The third-order valence-electron chi connectivity index (χ3n) is 4.26. The first kappa shape index (κ1) is 23.1. The van der Waals surface area contributed by atoms with Gasteiger partial charge in [-0.25, -0.2) is 0 Å². The molecule has 0 saturated heterocycles. The number of rotatable bonds is 10. The quantitative estimate of drug-likeness (QED) is 0.243. The highest BCUT2D eigenvalue weighted by Gasteiger charge is 2.16. The molecule has 8 nitrogen and oxygen atoms in total. The minimum Gasteiger partial charge on any atom is -0.494 e. The summed E-state index contributed by atoms with van der Waals surface area (Å²) in [5.74, 6) is 0.302. The zero-order valence-corrected chi connectivity index (χ0v) is 17.8. The number of nitrogens with zero attached hydrogens (tertiary/aromatic N) is 1. The minimum atomic E-state index is -0.522. The molecule has 0 bridgehead atoms. The number of nitro groups is 1. The second-order valence-electron chi connectivity index (χ2n) is 6.46. The summed E-state index contributed by atoms with van der Waals surface area (Å²) in [5, 5.41) is 16.4. The van der Waals surface area contributed by atoms with E-state index in [1.54, 1.807) is 24.3 Å². The lowest BCUT2D eigenvalue weighted by Gasteiger charge is -2.14. The van der Waals surface area contributed by atoms with Crippen molar-refractivity contribution >= 4 is 34.6 Å². The van der Waals surface area contributed by atoms with Gasteiger partial charge < -0.3 is 14.8 Å². The Bertz CT molecular complexity index is 904. The summed E-state index contributed by atoms with van der Waals surface area (Å²) in [6.07, 6.45) is 4.29. The van der Waals surface area contributed by atoms with Crippen molar-refractivity contribution < 1.29 is 19.2 Å². The Morgan fingerprint density at radius 1 is 1.13 bits per heavy atom. The van der Waals surface area contributed by atoms with Gasteiger partial charge in [-0.15, -0.1) is 0 Å². The molecular weight excluding hydrogens is 406 g/mol. The van der Waals surface area contributed by atoms with E-state index in [1.807, 2.05) is 0 Å². The van der Waals surface area contributed by atoms with E-state index in [-0.39, 0.29) is 16.5 Å². The molecule has 2 rings (SSSR count). The monoisotopic (exact) mass is 431 g/mol. The molecule has 9 heteroatoms. The molecule has 0 aliphatic heterocycles. The van der Waals surface area contributed by atoms with Gasteiger partial charge in [-0.1, -0.05) is 38.3 Å². The summed E-state index contributed by atoms with van der Waals surface area (Å²) in [6.45, 7) is 2.68. The molecule has 0 radical (unpaired) electrons. The zero-order chi connectivity index (χ0) is 21.9. The SMILES string of the molecule is CCCCCCOc1ccccc1C(=O)NC(=S)Nc1ccc([N+](=O)[O-])cc1OC. The van der Waals surface area contributed by atoms with Crippen molar-refractivity contribution in [1.82, 2.24) is 5.32 Å². The molecule has 2 aromatic rings. The van der Waals surface area contributed by atoms with Gasteiger partial charge in [0.1, 0.15) is 11.5 Å². The van der Waals surface area contributed by atoms with E-state index in [4.69, 9.17) is 21.7 Å². The number of carbonyl (C=O) groups excluding carboxylic acids is 1. The van der Waals surface area contributed by atoms with E-state index in [0.29, 0.717) is 23.6 Å². The largest absolute Gasteiger partial charge is 0.494 e. The molecule has 2 N–H and O–H groups in total. The van der Waals surface area contributed by atoms with Crippen molar-refractivity contribution in [2.75, 3.05) is 19.0 Å². The molecule has 0 fully saturated rings. The number of benzene rings is 2. The maximum Gasteiger partial charge on any atom is 0.273 e. The van der Waals surface area contributed by atoms with Crippen LogP contribution in [0.4, 0.5) is 11.4 Å².